The number of rotatable bonds is 12. The summed E-state index contributed by atoms with van der Waals surface area (Å²) in [7, 11) is 1.52. The second kappa shape index (κ2) is 16.1. The number of aryl methyl sites for hydroxylation is 1. The first-order valence-corrected chi connectivity index (χ1v) is 15.8. The quantitative estimate of drug-likeness (QED) is 0.229. The Morgan fingerprint density at radius 2 is 1.60 bits per heavy atom. The topological polar surface area (TPSA) is 134 Å². The molecule has 1 heterocycles. The fourth-order valence-corrected chi connectivity index (χ4v) is 5.81. The van der Waals surface area contributed by atoms with Crippen molar-refractivity contribution in [2.75, 3.05) is 18.5 Å². The van der Waals surface area contributed by atoms with Crippen molar-refractivity contribution >= 4 is 64.1 Å². The normalized spacial score (nSPS) is 15.8. The van der Waals surface area contributed by atoms with E-state index in [2.05, 4.69) is 16.0 Å². The molecule has 0 fully saturated rings. The number of carbonyl (C=O) groups is 4. The molecule has 1 aliphatic rings. The monoisotopic (exact) mass is 671 g/mol. The van der Waals surface area contributed by atoms with E-state index in [1.165, 1.54) is 11.9 Å². The Hall–Kier alpha value is -3.63. The van der Waals surface area contributed by atoms with Crippen LogP contribution < -0.4 is 26.6 Å². The van der Waals surface area contributed by atoms with Gasteiger partial charge in [0.2, 0.25) is 23.6 Å². The summed E-state index contributed by atoms with van der Waals surface area (Å²) in [5, 5.41) is 9.72. The van der Waals surface area contributed by atoms with Crippen LogP contribution in [0.2, 0.25) is 15.1 Å². The van der Waals surface area contributed by atoms with Crippen LogP contribution in [0.5, 0.6) is 0 Å². The van der Waals surface area contributed by atoms with Crippen LogP contribution in [0.1, 0.15) is 36.0 Å². The van der Waals surface area contributed by atoms with Crippen molar-refractivity contribution in [1.82, 2.24) is 16.0 Å². The number of anilines is 1. The standard InChI is InChI=1S/C33H36Cl3N5O4/c1-38-30(42)18-25(15-21-8-12-26(35)27(36)16-21)39-32(44)19-41-29-5-3-2-4-22(29)9-13-28(33(41)45)40-31(43)17-24(37)14-20-6-10-23(34)11-7-20/h2-8,10-12,16,24-25,28H,9,13-15,17-19,37H2,1H3,(H,38,42)(H,39,44)(H,40,43)/t24-,25+,28-/m0/s1. The maximum atomic E-state index is 13.9. The molecule has 0 aliphatic carbocycles. The molecule has 238 valence electrons. The zero-order valence-corrected chi connectivity index (χ0v) is 27.1. The van der Waals surface area contributed by atoms with Crippen LogP contribution in [0.3, 0.4) is 0 Å². The van der Waals surface area contributed by atoms with Gasteiger partial charge in [-0.1, -0.05) is 71.2 Å². The van der Waals surface area contributed by atoms with Crippen molar-refractivity contribution in [1.29, 1.82) is 0 Å². The van der Waals surface area contributed by atoms with Crippen LogP contribution >= 0.6 is 34.8 Å². The molecule has 5 N–H and O–H groups in total. The Balaban J connectivity index is 1.45. The Bertz CT molecular complexity index is 1530. The van der Waals surface area contributed by atoms with Crippen molar-refractivity contribution in [3.63, 3.8) is 0 Å². The van der Waals surface area contributed by atoms with Gasteiger partial charge in [0, 0.05) is 42.7 Å². The number of fused-ring (bicyclic) bond motifs is 1. The summed E-state index contributed by atoms with van der Waals surface area (Å²) < 4.78 is 0. The number of amides is 4. The Morgan fingerprint density at radius 3 is 2.31 bits per heavy atom. The molecule has 12 heteroatoms. The van der Waals surface area contributed by atoms with Gasteiger partial charge in [-0.15, -0.1) is 0 Å². The van der Waals surface area contributed by atoms with E-state index >= 15 is 0 Å². The number of nitrogens with zero attached hydrogens (tertiary/aromatic N) is 1. The highest BCUT2D eigenvalue weighted by Gasteiger charge is 2.33. The van der Waals surface area contributed by atoms with Gasteiger partial charge in [-0.05, 0) is 72.7 Å². The molecule has 3 aromatic carbocycles. The summed E-state index contributed by atoms with van der Waals surface area (Å²) in [4.78, 5) is 54.0. The summed E-state index contributed by atoms with van der Waals surface area (Å²) in [5.74, 6) is -1.46. The third-order valence-electron chi connectivity index (χ3n) is 7.59. The molecule has 0 unspecified atom stereocenters. The van der Waals surface area contributed by atoms with Gasteiger partial charge in [0.1, 0.15) is 12.6 Å². The maximum Gasteiger partial charge on any atom is 0.250 e. The number of halogens is 3. The number of hydrogen-bond acceptors (Lipinski definition) is 5. The largest absolute Gasteiger partial charge is 0.359 e. The fourth-order valence-electron chi connectivity index (χ4n) is 5.37. The van der Waals surface area contributed by atoms with E-state index in [-0.39, 0.29) is 31.2 Å². The van der Waals surface area contributed by atoms with E-state index in [9.17, 15) is 19.2 Å². The molecule has 3 atom stereocenters. The van der Waals surface area contributed by atoms with Gasteiger partial charge in [0.05, 0.1) is 10.0 Å². The summed E-state index contributed by atoms with van der Waals surface area (Å²) in [6.07, 6.45) is 1.72. The van der Waals surface area contributed by atoms with Crippen molar-refractivity contribution in [2.45, 2.75) is 56.7 Å². The molecule has 45 heavy (non-hydrogen) atoms. The maximum absolute atomic E-state index is 13.9. The zero-order chi connectivity index (χ0) is 32.5. The van der Waals surface area contributed by atoms with Crippen molar-refractivity contribution in [2.24, 2.45) is 5.73 Å². The van der Waals surface area contributed by atoms with Crippen LogP contribution in [-0.2, 0) is 38.4 Å². The van der Waals surface area contributed by atoms with E-state index in [4.69, 9.17) is 40.5 Å². The molecule has 4 amide bonds. The van der Waals surface area contributed by atoms with Crippen LogP contribution in [-0.4, -0.2) is 55.3 Å². The van der Waals surface area contributed by atoms with Crippen LogP contribution in [0, 0.1) is 0 Å². The summed E-state index contributed by atoms with van der Waals surface area (Å²) in [6, 6.07) is 17.8. The molecule has 0 radical (unpaired) electrons. The molecule has 4 rings (SSSR count). The molecule has 0 saturated heterocycles. The van der Waals surface area contributed by atoms with Crippen LogP contribution in [0.4, 0.5) is 5.69 Å². The molecule has 9 nitrogen and oxygen atoms in total. The summed E-state index contributed by atoms with van der Waals surface area (Å²) >= 11 is 18.2. The number of carbonyl (C=O) groups excluding carboxylic acids is 4. The van der Waals surface area contributed by atoms with Crippen molar-refractivity contribution < 1.29 is 19.2 Å². The molecule has 3 aromatic rings. The third-order valence-corrected chi connectivity index (χ3v) is 8.58. The second-order valence-electron chi connectivity index (χ2n) is 11.1. The fraction of sp³-hybridized carbons (Fsp3) is 0.333. The highest BCUT2D eigenvalue weighted by atomic mass is 35.5. The van der Waals surface area contributed by atoms with E-state index in [0.717, 1.165) is 16.7 Å². The number of nitrogens with one attached hydrogen (secondary N) is 3. The number of benzene rings is 3. The van der Waals surface area contributed by atoms with Gasteiger partial charge in [0.15, 0.2) is 0 Å². The minimum atomic E-state index is -0.849. The first kappa shape index (κ1) is 34.2. The van der Waals surface area contributed by atoms with Gasteiger partial charge in [-0.2, -0.15) is 0 Å². The van der Waals surface area contributed by atoms with Crippen LogP contribution in [0.25, 0.3) is 0 Å². The van der Waals surface area contributed by atoms with Gasteiger partial charge in [0.25, 0.3) is 0 Å². The highest BCUT2D eigenvalue weighted by Crippen LogP contribution is 2.27. The Kier molecular flexibility index (Phi) is 12.2. The van der Waals surface area contributed by atoms with Gasteiger partial charge >= 0.3 is 0 Å². The number of hydrogen-bond donors (Lipinski definition) is 4. The summed E-state index contributed by atoms with van der Waals surface area (Å²) in [6.45, 7) is -0.302. The number of nitrogens with two attached hydrogens (primary N) is 1. The Morgan fingerprint density at radius 1 is 0.889 bits per heavy atom. The predicted molar refractivity (Wildman–Crippen MR) is 178 cm³/mol. The van der Waals surface area contributed by atoms with Gasteiger partial charge < -0.3 is 26.6 Å². The molecule has 0 bridgehead atoms. The minimum Gasteiger partial charge on any atom is -0.359 e. The molecule has 0 spiro atoms. The van der Waals surface area contributed by atoms with E-state index in [1.807, 2.05) is 24.3 Å². The lowest BCUT2D eigenvalue weighted by atomic mass is 10.0. The van der Waals surface area contributed by atoms with E-state index in [0.29, 0.717) is 46.4 Å². The van der Waals surface area contributed by atoms with Gasteiger partial charge in [-0.3, -0.25) is 19.2 Å². The first-order chi connectivity index (χ1) is 21.5. The zero-order valence-electron chi connectivity index (χ0n) is 24.8. The smallest absolute Gasteiger partial charge is 0.250 e. The lowest BCUT2D eigenvalue weighted by Gasteiger charge is -2.27. The lowest BCUT2D eigenvalue weighted by Crippen LogP contribution is -2.52. The molecule has 0 saturated carbocycles. The van der Waals surface area contributed by atoms with Crippen LogP contribution in [0.15, 0.2) is 66.7 Å². The average molecular weight is 673 g/mol. The Labute approximate surface area is 277 Å². The predicted octanol–water partition coefficient (Wildman–Crippen LogP) is 4.23. The molecular formula is C33H36Cl3N5O4. The average Bonchev–Trinajstić information content (AvgIpc) is 3.12. The molecule has 0 aromatic heterocycles. The third kappa shape index (κ3) is 9.93. The summed E-state index contributed by atoms with van der Waals surface area (Å²) in [5.41, 5.74) is 9.47. The SMILES string of the molecule is CNC(=O)C[C@@H](Cc1ccc(Cl)c(Cl)c1)NC(=O)CN1C(=O)[C@@H](NC(=O)C[C@@H](N)Cc2ccc(Cl)cc2)CCc2ccccc21. The van der Waals surface area contributed by atoms with Crippen molar-refractivity contribution in [3.8, 4) is 0 Å². The molecular weight excluding hydrogens is 637 g/mol. The molecule has 1 aliphatic heterocycles. The lowest BCUT2D eigenvalue weighted by molar-refractivity contribution is -0.128. The van der Waals surface area contributed by atoms with E-state index < -0.39 is 29.9 Å². The second-order valence-corrected chi connectivity index (χ2v) is 12.4. The number of para-hydroxylation sites is 1. The first-order valence-electron chi connectivity index (χ1n) is 14.6. The highest BCUT2D eigenvalue weighted by molar-refractivity contribution is 6.42. The minimum absolute atomic E-state index is 0.0159. The van der Waals surface area contributed by atoms with E-state index in [1.54, 1.807) is 42.5 Å². The van der Waals surface area contributed by atoms with Gasteiger partial charge in [-0.25, -0.2) is 0 Å². The van der Waals surface area contributed by atoms with Crippen molar-refractivity contribution in [3.05, 3.63) is 98.5 Å².